The summed E-state index contributed by atoms with van der Waals surface area (Å²) in [5.74, 6) is 0. The molecule has 1 aromatic carbocycles. The molecule has 1 N–H and O–H groups in total. The van der Waals surface area contributed by atoms with Gasteiger partial charge in [0.1, 0.15) is 0 Å². The summed E-state index contributed by atoms with van der Waals surface area (Å²) in [6.07, 6.45) is 6.01. The van der Waals surface area contributed by atoms with Gasteiger partial charge in [0.25, 0.3) is 0 Å². The fourth-order valence-electron chi connectivity index (χ4n) is 2.82. The van der Waals surface area contributed by atoms with Crippen molar-refractivity contribution in [2.45, 2.75) is 79.7 Å². The molecule has 0 radical (unpaired) electrons. The predicted molar refractivity (Wildman–Crippen MR) is 95.1 cm³/mol. The molecule has 0 aliphatic rings. The van der Waals surface area contributed by atoms with Gasteiger partial charge in [0.2, 0.25) is 0 Å². The van der Waals surface area contributed by atoms with E-state index < -0.39 is 0 Å². The largest absolute Gasteiger partial charge is 0.315 e. The Kier molecular flexibility index (Phi) is 7.45. The van der Waals surface area contributed by atoms with Crippen molar-refractivity contribution in [2.24, 2.45) is 5.41 Å². The molecular formula is C20H35N. The van der Waals surface area contributed by atoms with E-state index in [9.17, 15) is 0 Å². The van der Waals surface area contributed by atoms with E-state index in [-0.39, 0.29) is 0 Å². The van der Waals surface area contributed by atoms with Gasteiger partial charge in [-0.05, 0) is 60.8 Å². The van der Waals surface area contributed by atoms with Crippen molar-refractivity contribution in [1.82, 2.24) is 5.32 Å². The molecule has 1 heteroatoms. The molecular weight excluding hydrogens is 254 g/mol. The summed E-state index contributed by atoms with van der Waals surface area (Å²) >= 11 is 0. The van der Waals surface area contributed by atoms with E-state index in [1.165, 1.54) is 36.0 Å². The monoisotopic (exact) mass is 289 g/mol. The highest BCUT2D eigenvalue weighted by Gasteiger charge is 2.17. The van der Waals surface area contributed by atoms with Crippen molar-refractivity contribution in [3.05, 3.63) is 34.9 Å². The normalized spacial score (nSPS) is 12.1. The van der Waals surface area contributed by atoms with Gasteiger partial charge < -0.3 is 5.32 Å². The average molecular weight is 290 g/mol. The number of benzene rings is 1. The van der Waals surface area contributed by atoms with Crippen molar-refractivity contribution < 1.29 is 0 Å². The van der Waals surface area contributed by atoms with E-state index >= 15 is 0 Å². The quantitative estimate of drug-likeness (QED) is 0.662. The third kappa shape index (κ3) is 6.65. The van der Waals surface area contributed by atoms with Gasteiger partial charge in [0, 0.05) is 6.04 Å². The van der Waals surface area contributed by atoms with Crippen molar-refractivity contribution in [1.29, 1.82) is 0 Å². The van der Waals surface area contributed by atoms with Crippen LogP contribution >= 0.6 is 0 Å². The molecule has 0 unspecified atom stereocenters. The molecule has 0 fully saturated rings. The minimum absolute atomic E-state index is 0.414. The molecule has 0 spiro atoms. The van der Waals surface area contributed by atoms with Crippen LogP contribution in [0.4, 0.5) is 0 Å². The molecule has 21 heavy (non-hydrogen) atoms. The standard InChI is InChI=1S/C20H35N/c1-7-18-10-9-17(15-19(18)8-2)11-12-20(5,6)13-14-21-16(3)4/h9-10,15-16,21H,7-8,11-14H2,1-6H3. The van der Waals surface area contributed by atoms with Crippen LogP contribution < -0.4 is 5.32 Å². The topological polar surface area (TPSA) is 12.0 Å². The Morgan fingerprint density at radius 3 is 2.24 bits per heavy atom. The highest BCUT2D eigenvalue weighted by Crippen LogP contribution is 2.27. The van der Waals surface area contributed by atoms with Gasteiger partial charge in [-0.25, -0.2) is 0 Å². The van der Waals surface area contributed by atoms with E-state index in [2.05, 4.69) is 65.1 Å². The molecule has 1 nitrogen and oxygen atoms in total. The molecule has 0 amide bonds. The Morgan fingerprint density at radius 1 is 1.00 bits per heavy atom. The maximum absolute atomic E-state index is 3.53. The molecule has 0 heterocycles. The molecule has 1 rings (SSSR count). The lowest BCUT2D eigenvalue weighted by molar-refractivity contribution is 0.298. The fraction of sp³-hybridized carbons (Fsp3) is 0.700. The van der Waals surface area contributed by atoms with Crippen molar-refractivity contribution >= 4 is 0 Å². The first-order chi connectivity index (χ1) is 9.88. The Morgan fingerprint density at radius 2 is 1.67 bits per heavy atom. The van der Waals surface area contributed by atoms with Crippen LogP contribution in [0.3, 0.4) is 0 Å². The van der Waals surface area contributed by atoms with E-state index in [1.807, 2.05) is 0 Å². The van der Waals surface area contributed by atoms with Crippen LogP contribution in [0, 0.1) is 5.41 Å². The molecule has 1 aromatic rings. The van der Waals surface area contributed by atoms with E-state index in [1.54, 1.807) is 0 Å². The second-order valence-electron chi connectivity index (χ2n) is 7.33. The highest BCUT2D eigenvalue weighted by molar-refractivity contribution is 5.32. The SMILES string of the molecule is CCc1ccc(CCC(C)(C)CCNC(C)C)cc1CC. The molecule has 0 bridgehead atoms. The Bertz CT molecular complexity index is 418. The van der Waals surface area contributed by atoms with Gasteiger partial charge in [-0.3, -0.25) is 0 Å². The molecule has 0 saturated carbocycles. The van der Waals surface area contributed by atoms with Crippen LogP contribution in [-0.4, -0.2) is 12.6 Å². The summed E-state index contributed by atoms with van der Waals surface area (Å²) in [4.78, 5) is 0. The van der Waals surface area contributed by atoms with Crippen LogP contribution in [0.15, 0.2) is 18.2 Å². The lowest BCUT2D eigenvalue weighted by atomic mass is 9.82. The number of hydrogen-bond donors (Lipinski definition) is 1. The third-order valence-corrected chi connectivity index (χ3v) is 4.48. The van der Waals surface area contributed by atoms with E-state index in [0.717, 1.165) is 19.4 Å². The van der Waals surface area contributed by atoms with Crippen LogP contribution in [-0.2, 0) is 19.3 Å². The maximum Gasteiger partial charge on any atom is 0.00103 e. The zero-order valence-electron chi connectivity index (χ0n) is 15.1. The number of hydrogen-bond acceptors (Lipinski definition) is 1. The van der Waals surface area contributed by atoms with E-state index in [0.29, 0.717) is 11.5 Å². The van der Waals surface area contributed by atoms with Gasteiger partial charge in [-0.15, -0.1) is 0 Å². The highest BCUT2D eigenvalue weighted by atomic mass is 14.9. The van der Waals surface area contributed by atoms with Crippen LogP contribution in [0.25, 0.3) is 0 Å². The molecule has 0 atom stereocenters. The van der Waals surface area contributed by atoms with Crippen molar-refractivity contribution in [3.8, 4) is 0 Å². The zero-order chi connectivity index (χ0) is 15.9. The van der Waals surface area contributed by atoms with Crippen molar-refractivity contribution in [3.63, 3.8) is 0 Å². The van der Waals surface area contributed by atoms with Gasteiger partial charge in [0.15, 0.2) is 0 Å². The minimum Gasteiger partial charge on any atom is -0.315 e. The summed E-state index contributed by atoms with van der Waals surface area (Å²) in [5.41, 5.74) is 4.97. The van der Waals surface area contributed by atoms with Gasteiger partial charge in [0.05, 0.1) is 0 Å². The van der Waals surface area contributed by atoms with E-state index in [4.69, 9.17) is 0 Å². The number of rotatable bonds is 9. The Balaban J connectivity index is 2.53. The number of aryl methyl sites for hydroxylation is 3. The van der Waals surface area contributed by atoms with Gasteiger partial charge in [-0.1, -0.05) is 59.7 Å². The van der Waals surface area contributed by atoms with Crippen LogP contribution in [0.2, 0.25) is 0 Å². The first-order valence-corrected chi connectivity index (χ1v) is 8.72. The second-order valence-corrected chi connectivity index (χ2v) is 7.33. The second kappa shape index (κ2) is 8.58. The summed E-state index contributed by atoms with van der Waals surface area (Å²) in [6, 6.07) is 7.69. The zero-order valence-corrected chi connectivity index (χ0v) is 15.1. The number of nitrogens with one attached hydrogen (secondary N) is 1. The molecule has 0 aliphatic heterocycles. The first-order valence-electron chi connectivity index (χ1n) is 8.72. The van der Waals surface area contributed by atoms with Crippen molar-refractivity contribution in [2.75, 3.05) is 6.54 Å². The fourth-order valence-corrected chi connectivity index (χ4v) is 2.82. The Hall–Kier alpha value is -0.820. The lowest BCUT2D eigenvalue weighted by Gasteiger charge is -2.25. The lowest BCUT2D eigenvalue weighted by Crippen LogP contribution is -2.28. The minimum atomic E-state index is 0.414. The first kappa shape index (κ1) is 18.2. The third-order valence-electron chi connectivity index (χ3n) is 4.48. The molecule has 0 aliphatic carbocycles. The average Bonchev–Trinajstić information content (AvgIpc) is 2.44. The predicted octanol–water partition coefficient (Wildman–Crippen LogP) is 5.16. The summed E-state index contributed by atoms with van der Waals surface area (Å²) in [7, 11) is 0. The summed E-state index contributed by atoms with van der Waals surface area (Å²) in [6.45, 7) is 14.9. The van der Waals surface area contributed by atoms with Gasteiger partial charge >= 0.3 is 0 Å². The van der Waals surface area contributed by atoms with Crippen LogP contribution in [0.1, 0.15) is 71.1 Å². The summed E-state index contributed by atoms with van der Waals surface area (Å²) in [5, 5.41) is 3.53. The maximum atomic E-state index is 3.53. The van der Waals surface area contributed by atoms with Gasteiger partial charge in [-0.2, -0.15) is 0 Å². The summed E-state index contributed by atoms with van der Waals surface area (Å²) < 4.78 is 0. The smallest absolute Gasteiger partial charge is 0.00103 e. The Labute approximate surface area is 132 Å². The van der Waals surface area contributed by atoms with Crippen LogP contribution in [0.5, 0.6) is 0 Å². The molecule has 120 valence electrons. The molecule has 0 aromatic heterocycles. The molecule has 0 saturated heterocycles.